The van der Waals surface area contributed by atoms with Gasteiger partial charge in [0.25, 0.3) is 0 Å². The van der Waals surface area contributed by atoms with E-state index in [1.165, 1.54) is 5.56 Å². The van der Waals surface area contributed by atoms with Crippen LogP contribution in [0.1, 0.15) is 17.0 Å². The van der Waals surface area contributed by atoms with Crippen LogP contribution < -0.4 is 5.73 Å². The summed E-state index contributed by atoms with van der Waals surface area (Å²) in [7, 11) is 0. The zero-order valence-corrected chi connectivity index (χ0v) is 14.3. The van der Waals surface area contributed by atoms with Crippen molar-refractivity contribution in [2.45, 2.75) is 24.4 Å². The third kappa shape index (κ3) is 3.58. The maximum Gasteiger partial charge on any atom is 0.196 e. The van der Waals surface area contributed by atoms with Crippen molar-refractivity contribution in [1.82, 2.24) is 14.8 Å². The van der Waals surface area contributed by atoms with Gasteiger partial charge < -0.3 is 5.73 Å². The van der Waals surface area contributed by atoms with Gasteiger partial charge in [-0.05, 0) is 30.2 Å². The molecular formula is C17H17ClN4S. The van der Waals surface area contributed by atoms with Crippen LogP contribution in [-0.4, -0.2) is 14.8 Å². The monoisotopic (exact) mass is 344 g/mol. The minimum absolute atomic E-state index is 0.324. The molecule has 118 valence electrons. The Morgan fingerprint density at radius 2 is 1.91 bits per heavy atom. The lowest BCUT2D eigenvalue weighted by atomic mass is 10.2. The van der Waals surface area contributed by atoms with Gasteiger partial charge in [0.15, 0.2) is 11.0 Å². The van der Waals surface area contributed by atoms with E-state index in [2.05, 4.69) is 22.3 Å². The number of nitrogens with two attached hydrogens (primary N) is 1. The van der Waals surface area contributed by atoms with Crippen LogP contribution in [0.5, 0.6) is 0 Å². The first-order valence-electron chi connectivity index (χ1n) is 7.26. The van der Waals surface area contributed by atoms with Gasteiger partial charge in [-0.2, -0.15) is 0 Å². The summed E-state index contributed by atoms with van der Waals surface area (Å²) in [5.74, 6) is 1.55. The molecule has 0 aliphatic carbocycles. The van der Waals surface area contributed by atoms with E-state index in [9.17, 15) is 0 Å². The molecule has 23 heavy (non-hydrogen) atoms. The maximum absolute atomic E-state index is 6.16. The van der Waals surface area contributed by atoms with Crippen LogP contribution >= 0.6 is 23.4 Å². The molecule has 0 radical (unpaired) electrons. The number of nitrogens with zero attached hydrogens (tertiary/aromatic N) is 3. The quantitative estimate of drug-likeness (QED) is 0.711. The first-order chi connectivity index (χ1) is 11.2. The standard InChI is InChI=1S/C17H17ClN4S/c1-12-7-8-14(18)9-15(12)22-16(10-19)20-21-17(22)23-11-13-5-3-2-4-6-13/h2-9H,10-11,19H2,1H3. The molecule has 6 heteroatoms. The zero-order chi connectivity index (χ0) is 16.2. The third-order valence-corrected chi connectivity index (χ3v) is 4.74. The highest BCUT2D eigenvalue weighted by Crippen LogP contribution is 2.28. The lowest BCUT2D eigenvalue weighted by Gasteiger charge is -2.12. The number of thioether (sulfide) groups is 1. The van der Waals surface area contributed by atoms with Crippen LogP contribution in [0.25, 0.3) is 5.69 Å². The largest absolute Gasteiger partial charge is 0.324 e. The lowest BCUT2D eigenvalue weighted by molar-refractivity contribution is 0.818. The SMILES string of the molecule is Cc1ccc(Cl)cc1-n1c(CN)nnc1SCc1ccccc1. The normalized spacial score (nSPS) is 10.9. The summed E-state index contributed by atoms with van der Waals surface area (Å²) >= 11 is 7.80. The Kier molecular flexibility index (Phi) is 5.00. The fraction of sp³-hybridized carbons (Fsp3) is 0.176. The van der Waals surface area contributed by atoms with Crippen LogP contribution in [-0.2, 0) is 12.3 Å². The Morgan fingerprint density at radius 3 is 2.65 bits per heavy atom. The van der Waals surface area contributed by atoms with Crippen molar-refractivity contribution >= 4 is 23.4 Å². The predicted octanol–water partition coefficient (Wildman–Crippen LogP) is 3.98. The molecule has 0 aliphatic heterocycles. The van der Waals surface area contributed by atoms with Crippen LogP contribution in [0.2, 0.25) is 5.02 Å². The van der Waals surface area contributed by atoms with Gasteiger partial charge in [-0.25, -0.2) is 0 Å². The molecule has 0 saturated heterocycles. The molecule has 3 aromatic rings. The summed E-state index contributed by atoms with van der Waals surface area (Å²) in [5, 5.41) is 10.0. The molecule has 1 aromatic heterocycles. The van der Waals surface area contributed by atoms with E-state index in [1.54, 1.807) is 11.8 Å². The molecule has 0 bridgehead atoms. The van der Waals surface area contributed by atoms with Gasteiger partial charge in [0, 0.05) is 10.8 Å². The molecule has 0 fully saturated rings. The second-order valence-corrected chi connectivity index (χ2v) is 6.52. The third-order valence-electron chi connectivity index (χ3n) is 3.51. The Hall–Kier alpha value is -1.82. The first kappa shape index (κ1) is 16.1. The van der Waals surface area contributed by atoms with Crippen molar-refractivity contribution in [1.29, 1.82) is 0 Å². The van der Waals surface area contributed by atoms with Crippen LogP contribution in [0.4, 0.5) is 0 Å². The van der Waals surface area contributed by atoms with Gasteiger partial charge in [-0.3, -0.25) is 4.57 Å². The molecule has 2 N–H and O–H groups in total. The molecule has 0 spiro atoms. The molecule has 0 unspecified atom stereocenters. The highest BCUT2D eigenvalue weighted by atomic mass is 35.5. The Bertz CT molecular complexity index is 802. The summed E-state index contributed by atoms with van der Waals surface area (Å²) in [6, 6.07) is 16.1. The fourth-order valence-corrected chi connectivity index (χ4v) is 3.40. The number of aryl methyl sites for hydroxylation is 1. The highest BCUT2D eigenvalue weighted by molar-refractivity contribution is 7.98. The number of aromatic nitrogens is 3. The van der Waals surface area contributed by atoms with E-state index in [4.69, 9.17) is 17.3 Å². The van der Waals surface area contributed by atoms with E-state index < -0.39 is 0 Å². The average Bonchev–Trinajstić information content (AvgIpc) is 2.99. The van der Waals surface area contributed by atoms with Crippen LogP contribution in [0.3, 0.4) is 0 Å². The van der Waals surface area contributed by atoms with Crippen molar-refractivity contribution in [3.8, 4) is 5.69 Å². The van der Waals surface area contributed by atoms with Gasteiger partial charge in [0.2, 0.25) is 0 Å². The Balaban J connectivity index is 1.96. The first-order valence-corrected chi connectivity index (χ1v) is 8.63. The van der Waals surface area contributed by atoms with Crippen molar-refractivity contribution in [3.05, 3.63) is 70.5 Å². The minimum Gasteiger partial charge on any atom is -0.324 e. The number of halogens is 1. The second-order valence-electron chi connectivity index (χ2n) is 5.14. The topological polar surface area (TPSA) is 56.7 Å². The van der Waals surface area contributed by atoms with Crippen LogP contribution in [0, 0.1) is 6.92 Å². The summed E-state index contributed by atoms with van der Waals surface area (Å²) < 4.78 is 1.99. The molecule has 0 amide bonds. The van der Waals surface area contributed by atoms with Crippen molar-refractivity contribution < 1.29 is 0 Å². The maximum atomic E-state index is 6.16. The molecule has 3 rings (SSSR count). The fourth-order valence-electron chi connectivity index (χ4n) is 2.31. The molecule has 0 atom stereocenters. The summed E-state index contributed by atoms with van der Waals surface area (Å²) in [5.41, 5.74) is 9.14. The second kappa shape index (κ2) is 7.17. The Morgan fingerprint density at radius 1 is 1.13 bits per heavy atom. The highest BCUT2D eigenvalue weighted by Gasteiger charge is 2.15. The van der Waals surface area contributed by atoms with Gasteiger partial charge >= 0.3 is 0 Å². The van der Waals surface area contributed by atoms with Crippen molar-refractivity contribution in [3.63, 3.8) is 0 Å². The molecule has 1 heterocycles. The van der Waals surface area contributed by atoms with Gasteiger partial charge in [0.1, 0.15) is 0 Å². The van der Waals surface area contributed by atoms with E-state index >= 15 is 0 Å². The number of hydrogen-bond acceptors (Lipinski definition) is 4. The van der Waals surface area contributed by atoms with Crippen molar-refractivity contribution in [2.24, 2.45) is 5.73 Å². The smallest absolute Gasteiger partial charge is 0.196 e. The molecular weight excluding hydrogens is 328 g/mol. The van der Waals surface area contributed by atoms with Gasteiger partial charge in [0.05, 0.1) is 12.2 Å². The Labute approximate surface area is 144 Å². The molecule has 4 nitrogen and oxygen atoms in total. The predicted molar refractivity (Wildman–Crippen MR) is 95.0 cm³/mol. The summed E-state index contributed by atoms with van der Waals surface area (Å²) in [6.45, 7) is 2.36. The molecule has 0 aliphatic rings. The number of benzene rings is 2. The van der Waals surface area contributed by atoms with Crippen molar-refractivity contribution in [2.75, 3.05) is 0 Å². The lowest BCUT2D eigenvalue weighted by Crippen LogP contribution is -2.09. The molecule has 0 saturated carbocycles. The summed E-state index contributed by atoms with van der Waals surface area (Å²) in [6.07, 6.45) is 0. The number of rotatable bonds is 5. The van der Waals surface area contributed by atoms with Gasteiger partial charge in [-0.15, -0.1) is 10.2 Å². The van der Waals surface area contributed by atoms with Crippen LogP contribution in [0.15, 0.2) is 53.7 Å². The summed E-state index contributed by atoms with van der Waals surface area (Å²) in [4.78, 5) is 0. The van der Waals surface area contributed by atoms with E-state index in [0.29, 0.717) is 11.6 Å². The zero-order valence-electron chi connectivity index (χ0n) is 12.7. The van der Waals surface area contributed by atoms with E-state index in [-0.39, 0.29) is 0 Å². The van der Waals surface area contributed by atoms with E-state index in [1.807, 2.05) is 47.9 Å². The number of hydrogen-bond donors (Lipinski definition) is 1. The van der Waals surface area contributed by atoms with E-state index in [0.717, 1.165) is 28.0 Å². The minimum atomic E-state index is 0.324. The average molecular weight is 345 g/mol. The molecule has 2 aromatic carbocycles. The van der Waals surface area contributed by atoms with Gasteiger partial charge in [-0.1, -0.05) is 59.8 Å².